The second-order valence-electron chi connectivity index (χ2n) is 4.83. The third-order valence-electron chi connectivity index (χ3n) is 2.78. The van der Waals surface area contributed by atoms with Crippen LogP contribution in [0.2, 0.25) is 0 Å². The van der Waals surface area contributed by atoms with Gasteiger partial charge < -0.3 is 25.0 Å². The Morgan fingerprint density at radius 3 is 1.96 bits per heavy atom. The molecule has 0 aromatic carbocycles. The number of esters is 1. The molecule has 148 valence electrons. The highest BCUT2D eigenvalue weighted by Gasteiger charge is 2.36. The van der Waals surface area contributed by atoms with Crippen LogP contribution in [0.3, 0.4) is 0 Å². The summed E-state index contributed by atoms with van der Waals surface area (Å²) in [6, 6.07) is 0. The zero-order chi connectivity index (χ0) is 20.2. The number of rotatable bonds is 15. The van der Waals surface area contributed by atoms with Gasteiger partial charge in [-0.1, -0.05) is 5.18 Å². The number of nitroso groups, excluding NO2 is 1. The van der Waals surface area contributed by atoms with Crippen LogP contribution in [0.5, 0.6) is 0 Å². The van der Waals surface area contributed by atoms with E-state index < -0.39 is 72.1 Å². The highest BCUT2D eigenvalue weighted by Crippen LogP contribution is 2.21. The lowest BCUT2D eigenvalue weighted by Gasteiger charge is -2.28. The monoisotopic (exact) mass is 385 g/mol. The second kappa shape index (κ2) is 11.2. The molecule has 0 aliphatic carbocycles. The molecule has 0 fully saturated rings. The van der Waals surface area contributed by atoms with E-state index in [9.17, 15) is 40.0 Å². The van der Waals surface area contributed by atoms with Crippen molar-refractivity contribution >= 4 is 5.97 Å². The van der Waals surface area contributed by atoms with Crippen molar-refractivity contribution in [3.8, 4) is 0 Å². The van der Waals surface area contributed by atoms with Gasteiger partial charge in [-0.15, -0.1) is 30.3 Å². The molecule has 0 rings (SSSR count). The number of hydrogen-bond donors (Lipinski definition) is 1. The fourth-order valence-electron chi connectivity index (χ4n) is 1.54. The first-order valence-corrected chi connectivity index (χ1v) is 6.64. The first-order valence-electron chi connectivity index (χ1n) is 6.64. The van der Waals surface area contributed by atoms with Crippen LogP contribution in [-0.4, -0.2) is 60.2 Å². The van der Waals surface area contributed by atoms with E-state index in [1.807, 2.05) is 0 Å². The van der Waals surface area contributed by atoms with Crippen molar-refractivity contribution in [1.82, 2.24) is 0 Å². The number of carbonyl (C=O) groups excluding carboxylic acids is 1. The Hall–Kier alpha value is -3.37. The van der Waals surface area contributed by atoms with E-state index in [0.717, 1.165) is 0 Å². The van der Waals surface area contributed by atoms with Gasteiger partial charge in [-0.3, -0.25) is 4.79 Å². The lowest BCUT2D eigenvalue weighted by Crippen LogP contribution is -2.42. The Labute approximate surface area is 143 Å². The standard InChI is InChI=1S/C9H15N5O12/c10-2-7(26-14(21)22)1-8(15)23-4-9(3-11-16,5-24-12(17)18)6-25-13(19)20/h7H,1-6,10H2. The van der Waals surface area contributed by atoms with Gasteiger partial charge in [0.25, 0.3) is 15.3 Å². The third-order valence-corrected chi connectivity index (χ3v) is 2.78. The van der Waals surface area contributed by atoms with Crippen LogP contribution < -0.4 is 5.73 Å². The van der Waals surface area contributed by atoms with Crippen LogP contribution in [0.25, 0.3) is 0 Å². The Kier molecular flexibility index (Phi) is 9.78. The van der Waals surface area contributed by atoms with Crippen LogP contribution in [0.15, 0.2) is 5.18 Å². The molecule has 0 aromatic rings. The van der Waals surface area contributed by atoms with Gasteiger partial charge in [0, 0.05) is 6.54 Å². The average molecular weight is 385 g/mol. The van der Waals surface area contributed by atoms with Crippen molar-refractivity contribution in [2.45, 2.75) is 12.5 Å². The summed E-state index contributed by atoms with van der Waals surface area (Å²) in [5, 5.41) is 29.7. The molecule has 17 heteroatoms. The summed E-state index contributed by atoms with van der Waals surface area (Å²) in [4.78, 5) is 65.3. The molecule has 0 aromatic heterocycles. The first-order chi connectivity index (χ1) is 12.1. The summed E-state index contributed by atoms with van der Waals surface area (Å²) in [7, 11) is 0. The molecule has 1 unspecified atom stereocenters. The molecule has 0 amide bonds. The normalized spacial score (nSPS) is 11.7. The largest absolute Gasteiger partial charge is 0.465 e. The summed E-state index contributed by atoms with van der Waals surface area (Å²) < 4.78 is 4.74. The van der Waals surface area contributed by atoms with Gasteiger partial charge in [-0.25, -0.2) is 0 Å². The lowest BCUT2D eigenvalue weighted by atomic mass is 9.91. The Balaban J connectivity index is 4.97. The smallest absolute Gasteiger partial charge is 0.308 e. The molecule has 17 nitrogen and oxygen atoms in total. The zero-order valence-electron chi connectivity index (χ0n) is 13.1. The van der Waals surface area contributed by atoms with Crippen LogP contribution >= 0.6 is 0 Å². The van der Waals surface area contributed by atoms with Gasteiger partial charge in [0.1, 0.15) is 25.9 Å². The van der Waals surface area contributed by atoms with Crippen molar-refractivity contribution in [3.05, 3.63) is 35.3 Å². The van der Waals surface area contributed by atoms with Crippen LogP contribution in [0, 0.1) is 40.7 Å². The summed E-state index contributed by atoms with van der Waals surface area (Å²) in [6.07, 6.45) is -1.98. The van der Waals surface area contributed by atoms with Gasteiger partial charge in [-0.05, 0) is 0 Å². The number of nitrogens with zero attached hydrogens (tertiary/aromatic N) is 4. The van der Waals surface area contributed by atoms with E-state index in [-0.39, 0.29) is 0 Å². The molecule has 26 heavy (non-hydrogen) atoms. The molecule has 2 N–H and O–H groups in total. The maximum atomic E-state index is 11.7. The van der Waals surface area contributed by atoms with Crippen LogP contribution in [0.1, 0.15) is 6.42 Å². The molecular weight excluding hydrogens is 370 g/mol. The first kappa shape index (κ1) is 22.6. The number of carbonyl (C=O) groups is 1. The van der Waals surface area contributed by atoms with Crippen molar-refractivity contribution in [1.29, 1.82) is 0 Å². The number of ether oxygens (including phenoxy) is 1. The molecule has 0 aliphatic rings. The Morgan fingerprint density at radius 2 is 1.58 bits per heavy atom. The highest BCUT2D eigenvalue weighted by molar-refractivity contribution is 5.70. The zero-order valence-corrected chi connectivity index (χ0v) is 13.1. The van der Waals surface area contributed by atoms with Crippen molar-refractivity contribution in [2.24, 2.45) is 16.3 Å². The number of hydrogen-bond acceptors (Lipinski definition) is 14. The third kappa shape index (κ3) is 9.70. The minimum atomic E-state index is -1.83. The predicted octanol–water partition coefficient (Wildman–Crippen LogP) is -1.38. The topological polar surface area (TPSA) is 239 Å². The van der Waals surface area contributed by atoms with Gasteiger partial charge >= 0.3 is 5.97 Å². The van der Waals surface area contributed by atoms with E-state index in [1.165, 1.54) is 0 Å². The summed E-state index contributed by atoms with van der Waals surface area (Å²) in [5.74, 6) is -1.08. The van der Waals surface area contributed by atoms with E-state index in [4.69, 9.17) is 10.5 Å². The van der Waals surface area contributed by atoms with Crippen LogP contribution in [-0.2, 0) is 24.0 Å². The van der Waals surface area contributed by atoms with Crippen LogP contribution in [0.4, 0.5) is 0 Å². The quantitative estimate of drug-likeness (QED) is 0.148. The molecule has 0 bridgehead atoms. The highest BCUT2D eigenvalue weighted by atomic mass is 17.0. The summed E-state index contributed by atoms with van der Waals surface area (Å²) >= 11 is 0. The fraction of sp³-hybridized carbons (Fsp3) is 0.889. The van der Waals surface area contributed by atoms with Gasteiger partial charge in [-0.2, -0.15) is 4.91 Å². The predicted molar refractivity (Wildman–Crippen MR) is 75.5 cm³/mol. The van der Waals surface area contributed by atoms with Crippen molar-refractivity contribution < 1.29 is 39.3 Å². The Morgan fingerprint density at radius 1 is 1.04 bits per heavy atom. The average Bonchev–Trinajstić information content (AvgIpc) is 2.55. The van der Waals surface area contributed by atoms with E-state index >= 15 is 0 Å². The fourth-order valence-corrected chi connectivity index (χ4v) is 1.54. The second-order valence-corrected chi connectivity index (χ2v) is 4.83. The van der Waals surface area contributed by atoms with Gasteiger partial charge in [0.05, 0.1) is 18.4 Å². The molecule has 0 heterocycles. The molecule has 0 spiro atoms. The SMILES string of the molecule is NCC(CC(=O)OCC(CN=O)(CO[N+](=O)[O-])CO[N+](=O)[O-])O[N+](=O)[O-]. The van der Waals surface area contributed by atoms with E-state index in [1.54, 1.807) is 0 Å². The lowest BCUT2D eigenvalue weighted by molar-refractivity contribution is -0.772. The molecule has 0 saturated carbocycles. The molecule has 0 saturated heterocycles. The van der Waals surface area contributed by atoms with Crippen molar-refractivity contribution in [3.63, 3.8) is 0 Å². The Bertz CT molecular complexity index is 509. The van der Waals surface area contributed by atoms with E-state index in [0.29, 0.717) is 0 Å². The minimum absolute atomic E-state index is 0.397. The van der Waals surface area contributed by atoms with Gasteiger partial charge in [0.2, 0.25) is 0 Å². The summed E-state index contributed by atoms with van der Waals surface area (Å²) in [5.41, 5.74) is 3.34. The molecule has 1 atom stereocenters. The maximum Gasteiger partial charge on any atom is 0.308 e. The molecule has 0 aliphatic heterocycles. The van der Waals surface area contributed by atoms with Gasteiger partial charge in [0.15, 0.2) is 0 Å². The maximum absolute atomic E-state index is 11.7. The summed E-state index contributed by atoms with van der Waals surface area (Å²) in [6.45, 7) is -3.79. The molecular formula is C9H15N5O12. The molecule has 0 radical (unpaired) electrons. The van der Waals surface area contributed by atoms with Crippen molar-refractivity contribution in [2.75, 3.05) is 32.9 Å². The van der Waals surface area contributed by atoms with E-state index in [2.05, 4.69) is 19.7 Å². The number of nitrogens with two attached hydrogens (primary N) is 1. The minimum Gasteiger partial charge on any atom is -0.465 e.